The van der Waals surface area contributed by atoms with Gasteiger partial charge in [0.1, 0.15) is 5.58 Å². The van der Waals surface area contributed by atoms with Crippen molar-refractivity contribution in [3.05, 3.63) is 118 Å². The first-order valence-electron chi connectivity index (χ1n) is 13.5. The number of benzene rings is 4. The third-order valence-corrected chi connectivity index (χ3v) is 6.69. The lowest BCUT2D eigenvalue weighted by Crippen LogP contribution is -2.20. The number of nitrogens with one attached hydrogen (secondary N) is 1. The molecule has 1 N–H and O–H groups in total. The molecule has 1 amide bonds. The summed E-state index contributed by atoms with van der Waals surface area (Å²) < 4.78 is 18.8. The van der Waals surface area contributed by atoms with Crippen molar-refractivity contribution < 1.29 is 18.7 Å². The van der Waals surface area contributed by atoms with Crippen LogP contribution < -0.4 is 20.3 Å². The lowest BCUT2D eigenvalue weighted by atomic mass is 10.2. The number of anilines is 1. The summed E-state index contributed by atoms with van der Waals surface area (Å²) in [4.78, 5) is 30.7. The van der Waals surface area contributed by atoms with Gasteiger partial charge in [-0.05, 0) is 79.2 Å². The lowest BCUT2D eigenvalue weighted by Gasteiger charge is -2.13. The van der Waals surface area contributed by atoms with Gasteiger partial charge < -0.3 is 19.2 Å². The summed E-state index contributed by atoms with van der Waals surface area (Å²) in [6, 6.07) is 28.4. The predicted molar refractivity (Wildman–Crippen MR) is 167 cm³/mol. The number of ether oxygens (including phenoxy) is 2. The van der Waals surface area contributed by atoms with Gasteiger partial charge in [-0.25, -0.2) is 4.98 Å². The highest BCUT2D eigenvalue weighted by Gasteiger charge is 2.17. The number of fused-ring (bicyclic) bond motifs is 2. The summed E-state index contributed by atoms with van der Waals surface area (Å²) in [5, 5.41) is 9.05. The van der Waals surface area contributed by atoms with E-state index in [4.69, 9.17) is 30.5 Å². The minimum atomic E-state index is -0.357. The molecule has 10 heteroatoms. The molecule has 6 rings (SSSR count). The molecule has 4 aromatic carbocycles. The van der Waals surface area contributed by atoms with Gasteiger partial charge >= 0.3 is 0 Å². The molecule has 0 aliphatic carbocycles. The SMILES string of the molecule is CCOc1cc(C=Nn2c(-c3cc4cc(Cl)ccc4o3)nc3ccccc3c2=O)ccc1OCC(=O)Nc1ccccc1. The van der Waals surface area contributed by atoms with Gasteiger partial charge in [0.05, 0.1) is 23.7 Å². The molecule has 2 heterocycles. The van der Waals surface area contributed by atoms with E-state index in [0.717, 1.165) is 5.39 Å². The molecule has 0 atom stereocenters. The molecule has 0 bridgehead atoms. The number of halogens is 1. The summed E-state index contributed by atoms with van der Waals surface area (Å²) in [6.07, 6.45) is 1.52. The number of aromatic nitrogens is 2. The maximum absolute atomic E-state index is 13.6. The number of amides is 1. The quantitative estimate of drug-likeness (QED) is 0.186. The zero-order chi connectivity index (χ0) is 29.8. The molecule has 0 saturated heterocycles. The van der Waals surface area contributed by atoms with Gasteiger partial charge in [-0.3, -0.25) is 9.59 Å². The van der Waals surface area contributed by atoms with Crippen LogP contribution >= 0.6 is 11.6 Å². The zero-order valence-electron chi connectivity index (χ0n) is 23.0. The van der Waals surface area contributed by atoms with Crippen LogP contribution in [0.1, 0.15) is 12.5 Å². The van der Waals surface area contributed by atoms with Crippen LogP contribution in [0.3, 0.4) is 0 Å². The Morgan fingerprint density at radius 2 is 1.79 bits per heavy atom. The van der Waals surface area contributed by atoms with Crippen molar-refractivity contribution in [2.75, 3.05) is 18.5 Å². The maximum Gasteiger partial charge on any atom is 0.282 e. The van der Waals surface area contributed by atoms with E-state index < -0.39 is 0 Å². The second kappa shape index (κ2) is 12.2. The topological polar surface area (TPSA) is 108 Å². The first kappa shape index (κ1) is 27.7. The van der Waals surface area contributed by atoms with Gasteiger partial charge in [-0.1, -0.05) is 41.9 Å². The fourth-order valence-corrected chi connectivity index (χ4v) is 4.67. The van der Waals surface area contributed by atoms with E-state index in [1.54, 1.807) is 72.8 Å². The summed E-state index contributed by atoms with van der Waals surface area (Å²) in [7, 11) is 0. The largest absolute Gasteiger partial charge is 0.490 e. The van der Waals surface area contributed by atoms with E-state index in [9.17, 15) is 9.59 Å². The highest BCUT2D eigenvalue weighted by Crippen LogP contribution is 2.30. The minimum absolute atomic E-state index is 0.202. The molecular weight excluding hydrogens is 568 g/mol. The van der Waals surface area contributed by atoms with Crippen LogP contribution in [0.2, 0.25) is 5.02 Å². The molecule has 0 fully saturated rings. The Morgan fingerprint density at radius 3 is 2.63 bits per heavy atom. The molecule has 6 aromatic rings. The van der Waals surface area contributed by atoms with Gasteiger partial charge in [0, 0.05) is 16.1 Å². The van der Waals surface area contributed by atoms with Crippen LogP contribution in [0, 0.1) is 0 Å². The molecule has 0 aliphatic rings. The minimum Gasteiger partial charge on any atom is -0.490 e. The van der Waals surface area contributed by atoms with Crippen molar-refractivity contribution in [1.82, 2.24) is 9.66 Å². The summed E-state index contributed by atoms with van der Waals surface area (Å²) in [5.74, 6) is 1.13. The van der Waals surface area contributed by atoms with Gasteiger partial charge in [-0.15, -0.1) is 0 Å². The molecule has 43 heavy (non-hydrogen) atoms. The van der Waals surface area contributed by atoms with E-state index in [1.807, 2.05) is 31.2 Å². The number of carbonyl (C=O) groups excluding carboxylic acids is 1. The van der Waals surface area contributed by atoms with Crippen LogP contribution in [0.25, 0.3) is 33.5 Å². The average molecular weight is 593 g/mol. The first-order valence-corrected chi connectivity index (χ1v) is 13.9. The third kappa shape index (κ3) is 6.12. The summed E-state index contributed by atoms with van der Waals surface area (Å²) in [5.41, 5.74) is 2.07. The van der Waals surface area contributed by atoms with Crippen LogP contribution in [0.15, 0.2) is 111 Å². The molecule has 0 radical (unpaired) electrons. The number of para-hydroxylation sites is 2. The normalized spacial score (nSPS) is 11.3. The van der Waals surface area contributed by atoms with E-state index in [1.165, 1.54) is 10.9 Å². The number of carbonyl (C=O) groups is 1. The first-order chi connectivity index (χ1) is 21.0. The second-order valence-electron chi connectivity index (χ2n) is 9.45. The predicted octanol–water partition coefficient (Wildman–Crippen LogP) is 6.76. The number of hydrogen-bond acceptors (Lipinski definition) is 7. The Labute approximate surface area is 251 Å². The number of rotatable bonds is 9. The molecule has 0 spiro atoms. The van der Waals surface area contributed by atoms with E-state index in [0.29, 0.717) is 56.6 Å². The average Bonchev–Trinajstić information content (AvgIpc) is 3.44. The fraction of sp³-hybridized carbons (Fsp3) is 0.0909. The van der Waals surface area contributed by atoms with Gasteiger partial charge in [0.15, 0.2) is 23.9 Å². The van der Waals surface area contributed by atoms with Gasteiger partial charge in [0.2, 0.25) is 5.82 Å². The maximum atomic E-state index is 13.6. The summed E-state index contributed by atoms with van der Waals surface area (Å²) >= 11 is 6.17. The zero-order valence-corrected chi connectivity index (χ0v) is 23.7. The Balaban J connectivity index is 1.31. The van der Waals surface area contributed by atoms with Crippen molar-refractivity contribution in [3.8, 4) is 23.1 Å². The number of furan rings is 1. The van der Waals surface area contributed by atoms with E-state index in [2.05, 4.69) is 10.4 Å². The van der Waals surface area contributed by atoms with Gasteiger partial charge in [-0.2, -0.15) is 9.78 Å². The van der Waals surface area contributed by atoms with E-state index in [-0.39, 0.29) is 23.9 Å². The molecule has 214 valence electrons. The second-order valence-corrected chi connectivity index (χ2v) is 9.89. The Hall–Kier alpha value is -5.41. The number of nitrogens with zero attached hydrogens (tertiary/aromatic N) is 3. The molecular formula is C33H25ClN4O5. The highest BCUT2D eigenvalue weighted by molar-refractivity contribution is 6.31. The third-order valence-electron chi connectivity index (χ3n) is 6.46. The smallest absolute Gasteiger partial charge is 0.282 e. The monoisotopic (exact) mass is 592 g/mol. The van der Waals surface area contributed by atoms with Crippen molar-refractivity contribution in [2.45, 2.75) is 6.92 Å². The molecule has 2 aromatic heterocycles. The van der Waals surface area contributed by atoms with Gasteiger partial charge in [0.25, 0.3) is 11.5 Å². The molecule has 0 saturated carbocycles. The van der Waals surface area contributed by atoms with Crippen LogP contribution in [-0.4, -0.2) is 35.0 Å². The molecule has 0 unspecified atom stereocenters. The highest BCUT2D eigenvalue weighted by atomic mass is 35.5. The van der Waals surface area contributed by atoms with Crippen molar-refractivity contribution in [1.29, 1.82) is 0 Å². The molecule has 9 nitrogen and oxygen atoms in total. The van der Waals surface area contributed by atoms with Crippen molar-refractivity contribution in [2.24, 2.45) is 5.10 Å². The Morgan fingerprint density at radius 1 is 0.977 bits per heavy atom. The summed E-state index contributed by atoms with van der Waals surface area (Å²) in [6.45, 7) is 2.02. The standard InChI is InChI=1S/C33H25ClN4O5/c1-2-41-29-16-21(12-14-28(29)42-20-31(39)36-24-8-4-3-5-9-24)19-35-38-32(37-26-11-7-6-10-25(26)33(38)40)30-18-22-17-23(34)13-15-27(22)43-30/h3-19H,2,20H2,1H3,(H,36,39). The van der Waals surface area contributed by atoms with Crippen molar-refractivity contribution in [3.63, 3.8) is 0 Å². The van der Waals surface area contributed by atoms with Crippen molar-refractivity contribution >= 4 is 51.3 Å². The Kier molecular flexibility index (Phi) is 7.88. The molecule has 0 aliphatic heterocycles. The van der Waals surface area contributed by atoms with Crippen LogP contribution in [0.4, 0.5) is 5.69 Å². The number of hydrogen-bond donors (Lipinski definition) is 1. The van der Waals surface area contributed by atoms with Crippen LogP contribution in [-0.2, 0) is 4.79 Å². The van der Waals surface area contributed by atoms with E-state index >= 15 is 0 Å². The Bertz CT molecular complexity index is 2040. The lowest BCUT2D eigenvalue weighted by molar-refractivity contribution is -0.118. The van der Waals surface area contributed by atoms with Crippen LogP contribution in [0.5, 0.6) is 11.5 Å². The fourth-order valence-electron chi connectivity index (χ4n) is 4.49.